The van der Waals surface area contributed by atoms with Crippen molar-refractivity contribution in [3.05, 3.63) is 46.8 Å². The summed E-state index contributed by atoms with van der Waals surface area (Å²) in [4.78, 5) is 16.1. The van der Waals surface area contributed by atoms with Gasteiger partial charge >= 0.3 is 0 Å². The van der Waals surface area contributed by atoms with E-state index in [4.69, 9.17) is 4.74 Å². The molecule has 2 aliphatic heterocycles. The van der Waals surface area contributed by atoms with Crippen LogP contribution in [0.25, 0.3) is 0 Å². The summed E-state index contributed by atoms with van der Waals surface area (Å²) >= 11 is 1.62. The number of nitrogens with zero attached hydrogens (tertiary/aromatic N) is 1. The van der Waals surface area contributed by atoms with Gasteiger partial charge in [-0.3, -0.25) is 4.79 Å². The number of benzene rings is 1. The van der Waals surface area contributed by atoms with E-state index in [9.17, 15) is 4.79 Å². The maximum atomic E-state index is 12.5. The number of carbonyl (C=O) groups excluding carboxylic acids is 1. The van der Waals surface area contributed by atoms with Crippen molar-refractivity contribution in [2.75, 3.05) is 19.6 Å². The van der Waals surface area contributed by atoms with Gasteiger partial charge in [0.05, 0.1) is 0 Å². The highest BCUT2D eigenvalue weighted by Gasteiger charge is 2.32. The highest BCUT2D eigenvalue weighted by Crippen LogP contribution is 2.29. The summed E-state index contributed by atoms with van der Waals surface area (Å²) in [6.45, 7) is 5.44. The minimum absolute atomic E-state index is 0.0148. The van der Waals surface area contributed by atoms with E-state index in [0.717, 1.165) is 29.7 Å². The third-order valence-corrected chi connectivity index (χ3v) is 5.73. The van der Waals surface area contributed by atoms with Gasteiger partial charge in [0.15, 0.2) is 5.06 Å². The Morgan fingerprint density at radius 3 is 2.75 bits per heavy atom. The van der Waals surface area contributed by atoms with Crippen LogP contribution in [-0.2, 0) is 0 Å². The van der Waals surface area contributed by atoms with Crippen LogP contribution in [0.2, 0.25) is 0 Å². The van der Waals surface area contributed by atoms with Crippen LogP contribution in [0, 0.1) is 12.8 Å². The molecule has 2 saturated heterocycles. The average molecular weight is 342 g/mol. The summed E-state index contributed by atoms with van der Waals surface area (Å²) in [6.07, 6.45) is 2.39. The second-order valence-electron chi connectivity index (χ2n) is 6.81. The Morgan fingerprint density at radius 2 is 2.04 bits per heavy atom. The van der Waals surface area contributed by atoms with Crippen LogP contribution in [-0.4, -0.2) is 36.5 Å². The topological polar surface area (TPSA) is 41.6 Å². The molecule has 1 amide bonds. The van der Waals surface area contributed by atoms with Crippen LogP contribution in [0.1, 0.15) is 28.1 Å². The van der Waals surface area contributed by atoms with Gasteiger partial charge < -0.3 is 15.0 Å². The molecule has 2 bridgehead atoms. The van der Waals surface area contributed by atoms with Crippen LogP contribution in [0.5, 0.6) is 10.8 Å². The molecule has 1 N–H and O–H groups in total. The second kappa shape index (κ2) is 6.57. The van der Waals surface area contributed by atoms with Crippen molar-refractivity contribution in [1.82, 2.24) is 10.2 Å². The number of hydrogen-bond donors (Lipinski definition) is 1. The maximum Gasteiger partial charge on any atom is 0.251 e. The number of aryl methyl sites for hydroxylation is 1. The molecule has 1 aromatic heterocycles. The average Bonchev–Trinajstić information content (AvgIpc) is 3.13. The van der Waals surface area contributed by atoms with E-state index in [1.54, 1.807) is 11.3 Å². The molecule has 2 aliphatic rings. The Morgan fingerprint density at radius 1 is 1.21 bits per heavy atom. The lowest BCUT2D eigenvalue weighted by Crippen LogP contribution is -2.46. The van der Waals surface area contributed by atoms with Crippen molar-refractivity contribution >= 4 is 17.2 Å². The Bertz CT molecular complexity index is 713. The largest absolute Gasteiger partial charge is 0.447 e. The van der Waals surface area contributed by atoms with Crippen LogP contribution >= 0.6 is 11.3 Å². The molecule has 24 heavy (non-hydrogen) atoms. The molecule has 0 aliphatic carbocycles. The predicted molar refractivity (Wildman–Crippen MR) is 96.0 cm³/mol. The van der Waals surface area contributed by atoms with E-state index in [1.165, 1.54) is 24.4 Å². The van der Waals surface area contributed by atoms with Crippen LogP contribution in [0.4, 0.5) is 0 Å². The van der Waals surface area contributed by atoms with E-state index in [-0.39, 0.29) is 11.9 Å². The predicted octanol–water partition coefficient (Wildman–Crippen LogP) is 3.67. The summed E-state index contributed by atoms with van der Waals surface area (Å²) in [5, 5.41) is 4.06. The molecule has 2 aromatic rings. The van der Waals surface area contributed by atoms with E-state index < -0.39 is 0 Å². The standard InChI is InChI=1S/C19H22N2O2S/c1-13-2-7-18(24-13)23-17-5-3-15(4-6-17)19(22)20-16-10-14-8-9-21(11-14)12-16/h2-7,14,16H,8-12H2,1H3,(H,20,22). The van der Waals surface area contributed by atoms with Gasteiger partial charge in [0.25, 0.3) is 5.91 Å². The molecule has 4 rings (SSSR count). The van der Waals surface area contributed by atoms with Crippen LogP contribution in [0.3, 0.4) is 0 Å². The quantitative estimate of drug-likeness (QED) is 0.922. The number of carbonyl (C=O) groups is 1. The molecule has 5 heteroatoms. The van der Waals surface area contributed by atoms with E-state index in [1.807, 2.05) is 36.4 Å². The molecule has 3 atom stereocenters. The fourth-order valence-electron chi connectivity index (χ4n) is 3.69. The number of rotatable bonds is 4. The number of ether oxygens (including phenoxy) is 1. The number of fused-ring (bicyclic) bond motifs is 2. The molecular formula is C19H22N2O2S. The zero-order valence-electron chi connectivity index (χ0n) is 13.8. The zero-order chi connectivity index (χ0) is 16.5. The minimum Gasteiger partial charge on any atom is -0.447 e. The Labute approximate surface area is 146 Å². The number of thiophene rings is 1. The van der Waals surface area contributed by atoms with Crippen molar-refractivity contribution in [2.45, 2.75) is 25.8 Å². The van der Waals surface area contributed by atoms with Crippen LogP contribution in [0.15, 0.2) is 36.4 Å². The van der Waals surface area contributed by atoms with Gasteiger partial charge in [-0.1, -0.05) is 0 Å². The van der Waals surface area contributed by atoms with Gasteiger partial charge in [0, 0.05) is 29.6 Å². The van der Waals surface area contributed by atoms with Gasteiger partial charge in [0.1, 0.15) is 5.75 Å². The molecule has 3 unspecified atom stereocenters. The minimum atomic E-state index is 0.0148. The fourth-order valence-corrected chi connectivity index (χ4v) is 4.42. The second-order valence-corrected chi connectivity index (χ2v) is 8.06. The summed E-state index contributed by atoms with van der Waals surface area (Å²) in [6, 6.07) is 11.7. The van der Waals surface area contributed by atoms with Gasteiger partial charge in [-0.05, 0) is 68.6 Å². The normalized spacial score (nSPS) is 25.5. The SMILES string of the molecule is Cc1ccc(Oc2ccc(C(=O)NC3CC4CCN(C4)C3)cc2)s1. The number of nitrogens with one attached hydrogen (secondary N) is 1. The summed E-state index contributed by atoms with van der Waals surface area (Å²) in [5.41, 5.74) is 0.692. The lowest BCUT2D eigenvalue weighted by molar-refractivity contribution is 0.0909. The molecular weight excluding hydrogens is 320 g/mol. The third kappa shape index (κ3) is 3.47. The molecule has 0 spiro atoms. The van der Waals surface area contributed by atoms with Gasteiger partial charge in [-0.25, -0.2) is 0 Å². The monoisotopic (exact) mass is 342 g/mol. The first kappa shape index (κ1) is 15.7. The van der Waals surface area contributed by atoms with E-state index in [2.05, 4.69) is 17.1 Å². The lowest BCUT2D eigenvalue weighted by Gasteiger charge is -2.30. The molecule has 0 saturated carbocycles. The smallest absolute Gasteiger partial charge is 0.251 e. The van der Waals surface area contributed by atoms with Crippen molar-refractivity contribution in [3.8, 4) is 10.8 Å². The van der Waals surface area contributed by atoms with Crippen LogP contribution < -0.4 is 10.1 Å². The van der Waals surface area contributed by atoms with Gasteiger partial charge in [-0.15, -0.1) is 11.3 Å². The Balaban J connectivity index is 1.36. The number of amides is 1. The first-order valence-electron chi connectivity index (χ1n) is 8.53. The molecule has 4 nitrogen and oxygen atoms in total. The first-order chi connectivity index (χ1) is 11.7. The third-order valence-electron chi connectivity index (χ3n) is 4.85. The van der Waals surface area contributed by atoms with E-state index in [0.29, 0.717) is 5.56 Å². The number of hydrogen-bond acceptors (Lipinski definition) is 4. The first-order valence-corrected chi connectivity index (χ1v) is 9.35. The highest BCUT2D eigenvalue weighted by atomic mass is 32.1. The molecule has 0 radical (unpaired) electrons. The van der Waals surface area contributed by atoms with E-state index >= 15 is 0 Å². The van der Waals surface area contributed by atoms with Gasteiger partial charge in [-0.2, -0.15) is 0 Å². The molecule has 2 fully saturated rings. The Kier molecular flexibility index (Phi) is 4.29. The van der Waals surface area contributed by atoms with Crippen molar-refractivity contribution in [2.24, 2.45) is 5.92 Å². The molecule has 1 aromatic carbocycles. The van der Waals surface area contributed by atoms with Crippen molar-refractivity contribution in [1.29, 1.82) is 0 Å². The lowest BCUT2D eigenvalue weighted by atomic mass is 9.96. The van der Waals surface area contributed by atoms with Crippen molar-refractivity contribution in [3.63, 3.8) is 0 Å². The molecule has 126 valence electrons. The summed E-state index contributed by atoms with van der Waals surface area (Å²) in [7, 11) is 0. The summed E-state index contributed by atoms with van der Waals surface area (Å²) < 4.78 is 5.80. The van der Waals surface area contributed by atoms with Crippen molar-refractivity contribution < 1.29 is 9.53 Å². The fraction of sp³-hybridized carbons (Fsp3) is 0.421. The zero-order valence-corrected chi connectivity index (χ0v) is 14.6. The number of piperidine rings is 1. The summed E-state index contributed by atoms with van der Waals surface area (Å²) in [5.74, 6) is 1.53. The van der Waals surface area contributed by atoms with Gasteiger partial charge in [0.2, 0.25) is 0 Å². The highest BCUT2D eigenvalue weighted by molar-refractivity contribution is 7.13. The Hall–Kier alpha value is -1.85. The maximum absolute atomic E-state index is 12.5. The molecule has 3 heterocycles.